The van der Waals surface area contributed by atoms with Crippen molar-refractivity contribution in [2.24, 2.45) is 7.05 Å². The fourth-order valence-corrected chi connectivity index (χ4v) is 2.43. The van der Waals surface area contributed by atoms with Crippen LogP contribution in [0.1, 0.15) is 33.4 Å². The molecule has 0 amide bonds. The topological polar surface area (TPSA) is 73.0 Å². The second-order valence-electron chi connectivity index (χ2n) is 6.30. The number of aromatic nitrogens is 3. The largest absolute Gasteiger partial charge is 0.497 e. The van der Waals surface area contributed by atoms with Crippen molar-refractivity contribution in [2.75, 3.05) is 0 Å². The predicted molar refractivity (Wildman–Crippen MR) is 78.9 cm³/mol. The summed E-state index contributed by atoms with van der Waals surface area (Å²) in [5.74, 6) is 0. The zero-order chi connectivity index (χ0) is 15.4. The summed E-state index contributed by atoms with van der Waals surface area (Å²) >= 11 is 0. The van der Waals surface area contributed by atoms with Gasteiger partial charge >= 0.3 is 7.12 Å². The number of aryl methyl sites for hydroxylation is 1. The van der Waals surface area contributed by atoms with Crippen molar-refractivity contribution >= 4 is 23.6 Å². The Kier molecular flexibility index (Phi) is 2.87. The van der Waals surface area contributed by atoms with Crippen LogP contribution in [0.2, 0.25) is 0 Å². The van der Waals surface area contributed by atoms with E-state index in [0.29, 0.717) is 11.2 Å². The van der Waals surface area contributed by atoms with E-state index in [-0.39, 0.29) is 0 Å². The maximum atomic E-state index is 9.16. The van der Waals surface area contributed by atoms with E-state index >= 15 is 0 Å². The van der Waals surface area contributed by atoms with E-state index in [9.17, 15) is 0 Å². The number of nitrogens with zero attached hydrogens (tertiary/aromatic N) is 4. The highest BCUT2D eigenvalue weighted by atomic mass is 16.7. The molecule has 0 atom stereocenters. The second kappa shape index (κ2) is 4.29. The van der Waals surface area contributed by atoms with Crippen LogP contribution in [0.25, 0.3) is 11.0 Å². The Morgan fingerprint density at radius 1 is 1.24 bits per heavy atom. The van der Waals surface area contributed by atoms with Crippen molar-refractivity contribution in [3.63, 3.8) is 0 Å². The van der Waals surface area contributed by atoms with Gasteiger partial charge in [-0.05, 0) is 33.8 Å². The van der Waals surface area contributed by atoms with Crippen molar-refractivity contribution in [1.29, 1.82) is 5.26 Å². The lowest BCUT2D eigenvalue weighted by Gasteiger charge is -2.32. The third-order valence-electron chi connectivity index (χ3n) is 4.35. The van der Waals surface area contributed by atoms with Crippen LogP contribution in [0.4, 0.5) is 0 Å². The molecule has 0 aliphatic carbocycles. The van der Waals surface area contributed by atoms with Gasteiger partial charge in [0.2, 0.25) is 0 Å². The summed E-state index contributed by atoms with van der Waals surface area (Å²) in [6.07, 6.45) is 1.64. The zero-order valence-corrected chi connectivity index (χ0v) is 12.8. The first-order chi connectivity index (χ1) is 9.75. The molecule has 2 aromatic rings. The van der Waals surface area contributed by atoms with Crippen molar-refractivity contribution in [1.82, 2.24) is 14.8 Å². The highest BCUT2D eigenvalue weighted by Crippen LogP contribution is 2.36. The van der Waals surface area contributed by atoms with E-state index in [4.69, 9.17) is 14.6 Å². The fourth-order valence-electron chi connectivity index (χ4n) is 2.43. The second-order valence-corrected chi connectivity index (χ2v) is 6.30. The Morgan fingerprint density at radius 3 is 2.43 bits per heavy atom. The van der Waals surface area contributed by atoms with Crippen LogP contribution in [0.5, 0.6) is 0 Å². The molecule has 1 aliphatic rings. The number of fused-ring (bicyclic) bond motifs is 1. The van der Waals surface area contributed by atoms with Crippen LogP contribution in [0.3, 0.4) is 0 Å². The monoisotopic (exact) mass is 284 g/mol. The summed E-state index contributed by atoms with van der Waals surface area (Å²) in [7, 11) is 1.30. The molecule has 1 saturated heterocycles. The molecular weight excluding hydrogens is 267 g/mol. The van der Waals surface area contributed by atoms with E-state index in [2.05, 4.69) is 16.2 Å². The van der Waals surface area contributed by atoms with E-state index in [1.165, 1.54) is 0 Å². The van der Waals surface area contributed by atoms with E-state index in [0.717, 1.165) is 11.0 Å². The van der Waals surface area contributed by atoms with Crippen molar-refractivity contribution in [3.8, 4) is 6.07 Å². The Labute approximate surface area is 123 Å². The average Bonchev–Trinajstić information content (AvgIpc) is 2.87. The van der Waals surface area contributed by atoms with Gasteiger partial charge in [0.1, 0.15) is 17.3 Å². The minimum Gasteiger partial charge on any atom is -0.399 e. The molecule has 3 rings (SSSR count). The van der Waals surface area contributed by atoms with Gasteiger partial charge in [-0.2, -0.15) is 10.4 Å². The van der Waals surface area contributed by atoms with Crippen molar-refractivity contribution in [3.05, 3.63) is 18.0 Å². The summed E-state index contributed by atoms with van der Waals surface area (Å²) in [6.45, 7) is 8.00. The Hall–Kier alpha value is -1.91. The van der Waals surface area contributed by atoms with Gasteiger partial charge in [0.15, 0.2) is 0 Å². The Morgan fingerprint density at radius 2 is 1.86 bits per heavy atom. The lowest BCUT2D eigenvalue weighted by Crippen LogP contribution is -2.41. The van der Waals surface area contributed by atoms with E-state index < -0.39 is 18.3 Å². The van der Waals surface area contributed by atoms with Gasteiger partial charge in [0.25, 0.3) is 0 Å². The van der Waals surface area contributed by atoms with Gasteiger partial charge in [-0.1, -0.05) is 0 Å². The Balaban J connectivity index is 2.17. The van der Waals surface area contributed by atoms with Gasteiger partial charge in [0.05, 0.1) is 22.9 Å². The molecule has 108 valence electrons. The smallest absolute Gasteiger partial charge is 0.399 e. The number of rotatable bonds is 1. The van der Waals surface area contributed by atoms with Gasteiger partial charge in [-0.15, -0.1) is 0 Å². The first kappa shape index (κ1) is 14.0. The maximum Gasteiger partial charge on any atom is 0.497 e. The molecule has 1 aliphatic heterocycles. The first-order valence-electron chi connectivity index (χ1n) is 6.83. The van der Waals surface area contributed by atoms with Crippen LogP contribution in [0, 0.1) is 11.3 Å². The molecule has 2 aromatic heterocycles. The van der Waals surface area contributed by atoms with Gasteiger partial charge in [0, 0.05) is 12.5 Å². The minimum absolute atomic E-state index is 0.334. The molecule has 0 unspecified atom stereocenters. The highest BCUT2D eigenvalue weighted by Gasteiger charge is 2.52. The average molecular weight is 284 g/mol. The molecule has 3 heterocycles. The van der Waals surface area contributed by atoms with Crippen LogP contribution in [-0.2, 0) is 16.4 Å². The van der Waals surface area contributed by atoms with E-state index in [1.807, 2.05) is 34.7 Å². The van der Waals surface area contributed by atoms with Crippen LogP contribution in [-0.4, -0.2) is 33.1 Å². The summed E-state index contributed by atoms with van der Waals surface area (Å²) in [5.41, 5.74) is 1.75. The predicted octanol–water partition coefficient (Wildman–Crippen LogP) is 1.14. The van der Waals surface area contributed by atoms with Crippen LogP contribution >= 0.6 is 0 Å². The summed E-state index contributed by atoms with van der Waals surface area (Å²) in [4.78, 5) is 4.26. The fraction of sp³-hybridized carbons (Fsp3) is 0.500. The minimum atomic E-state index is -0.539. The standard InChI is InChI=1S/C14H17BN4O2/c1-13(2)14(3,4)21-15(20-13)10-6-9(7-16)18-11-8-17-19(5)12(10)11/h6,8H,1-5H3. The molecule has 0 radical (unpaired) electrons. The molecule has 0 saturated carbocycles. The highest BCUT2D eigenvalue weighted by molar-refractivity contribution is 6.65. The molecule has 6 nitrogen and oxygen atoms in total. The zero-order valence-electron chi connectivity index (χ0n) is 12.8. The first-order valence-corrected chi connectivity index (χ1v) is 6.83. The third-order valence-corrected chi connectivity index (χ3v) is 4.35. The number of pyridine rings is 1. The Bertz CT molecular complexity index is 744. The van der Waals surface area contributed by atoms with Crippen LogP contribution < -0.4 is 5.46 Å². The van der Waals surface area contributed by atoms with E-state index in [1.54, 1.807) is 16.9 Å². The molecule has 0 aromatic carbocycles. The van der Waals surface area contributed by atoms with Crippen molar-refractivity contribution in [2.45, 2.75) is 38.9 Å². The lowest BCUT2D eigenvalue weighted by molar-refractivity contribution is 0.00578. The summed E-state index contributed by atoms with van der Waals surface area (Å²) in [5, 5.41) is 13.4. The van der Waals surface area contributed by atoms with Crippen LogP contribution in [0.15, 0.2) is 12.3 Å². The molecule has 7 heteroatoms. The quantitative estimate of drug-likeness (QED) is 0.734. The molecule has 0 bridgehead atoms. The van der Waals surface area contributed by atoms with Gasteiger partial charge < -0.3 is 9.31 Å². The normalized spacial score (nSPS) is 19.9. The molecule has 21 heavy (non-hydrogen) atoms. The SMILES string of the molecule is Cn1ncc2nc(C#N)cc(B3OC(C)(C)C(C)(C)O3)c21. The van der Waals surface area contributed by atoms with Crippen molar-refractivity contribution < 1.29 is 9.31 Å². The molecular formula is C14H17BN4O2. The number of nitriles is 1. The lowest BCUT2D eigenvalue weighted by atomic mass is 9.78. The summed E-state index contributed by atoms with van der Waals surface area (Å²) in [6, 6.07) is 3.79. The number of hydrogen-bond acceptors (Lipinski definition) is 5. The molecule has 0 spiro atoms. The molecule has 1 fully saturated rings. The third kappa shape index (κ3) is 2.03. The van der Waals surface area contributed by atoms with Gasteiger partial charge in [-0.3, -0.25) is 4.68 Å². The molecule has 0 N–H and O–H groups in total. The maximum absolute atomic E-state index is 9.16. The van der Waals surface area contributed by atoms with Gasteiger partial charge in [-0.25, -0.2) is 4.98 Å². The summed E-state index contributed by atoms with van der Waals surface area (Å²) < 4.78 is 13.9. The number of hydrogen-bond donors (Lipinski definition) is 0.